The number of sulfonamides is 2. The van der Waals surface area contributed by atoms with Gasteiger partial charge in [-0.1, -0.05) is 0 Å². The molecule has 0 radical (unpaired) electrons. The largest absolute Gasteiger partial charge is 0.454 e. The third-order valence-corrected chi connectivity index (χ3v) is 8.13. The van der Waals surface area contributed by atoms with Crippen LogP contribution in [0.4, 0.5) is 11.4 Å². The van der Waals surface area contributed by atoms with Crippen molar-refractivity contribution in [2.45, 2.75) is 4.90 Å². The first-order valence-electron chi connectivity index (χ1n) is 10.00. The molecule has 0 saturated carbocycles. The average molecular weight is 498 g/mol. The van der Waals surface area contributed by atoms with Crippen LogP contribution in [-0.2, 0) is 29.6 Å². The van der Waals surface area contributed by atoms with Gasteiger partial charge in [-0.15, -0.1) is 0 Å². The maximum absolute atomic E-state index is 12.8. The molecule has 0 unspecified atom stereocenters. The molecular formula is C20H23N3O8S2. The fourth-order valence-electron chi connectivity index (χ4n) is 3.43. The van der Waals surface area contributed by atoms with Crippen LogP contribution in [0.25, 0.3) is 0 Å². The maximum Gasteiger partial charge on any atom is 0.245 e. The summed E-state index contributed by atoms with van der Waals surface area (Å²) >= 11 is 0. The molecule has 13 heteroatoms. The second kappa shape index (κ2) is 9.17. The maximum atomic E-state index is 12.8. The SMILES string of the molecule is CS(=O)(=O)N(CC(=O)Nc1ccc2c(c1)OCO2)c1ccc(S(=O)(=O)N2CCOCC2)cc1. The standard InChI is InChI=1S/C20H23N3O8S2/c1-32(25,26)23(13-20(24)21-15-2-7-18-19(12-15)31-14-30-18)16-3-5-17(6-4-16)33(27,28)22-8-10-29-11-9-22/h2-7,12H,8-11,13-14H2,1H3,(H,21,24). The van der Waals surface area contributed by atoms with Gasteiger partial charge < -0.3 is 19.5 Å². The Morgan fingerprint density at radius 1 is 1.00 bits per heavy atom. The smallest absolute Gasteiger partial charge is 0.245 e. The lowest BCUT2D eigenvalue weighted by Gasteiger charge is -2.26. The van der Waals surface area contributed by atoms with E-state index in [0.29, 0.717) is 30.4 Å². The highest BCUT2D eigenvalue weighted by atomic mass is 32.2. The topological polar surface area (TPSA) is 132 Å². The summed E-state index contributed by atoms with van der Waals surface area (Å²) in [5, 5.41) is 2.63. The number of nitrogens with zero attached hydrogens (tertiary/aromatic N) is 2. The van der Waals surface area contributed by atoms with Gasteiger partial charge in [0, 0.05) is 24.8 Å². The predicted octanol–water partition coefficient (Wildman–Crippen LogP) is 0.841. The lowest BCUT2D eigenvalue weighted by Crippen LogP contribution is -2.40. The second-order valence-corrected chi connectivity index (χ2v) is 11.2. The highest BCUT2D eigenvalue weighted by Crippen LogP contribution is 2.34. The van der Waals surface area contributed by atoms with Crippen LogP contribution < -0.4 is 19.1 Å². The molecule has 2 aliphatic rings. The number of hydrogen-bond donors (Lipinski definition) is 1. The summed E-state index contributed by atoms with van der Waals surface area (Å²) in [4.78, 5) is 12.6. The van der Waals surface area contributed by atoms with Crippen LogP contribution in [0.1, 0.15) is 0 Å². The molecule has 11 nitrogen and oxygen atoms in total. The van der Waals surface area contributed by atoms with E-state index in [-0.39, 0.29) is 30.5 Å². The number of fused-ring (bicyclic) bond motifs is 1. The van der Waals surface area contributed by atoms with Crippen molar-refractivity contribution in [3.63, 3.8) is 0 Å². The molecule has 2 heterocycles. The molecule has 0 aliphatic carbocycles. The van der Waals surface area contributed by atoms with Gasteiger partial charge in [-0.2, -0.15) is 4.31 Å². The van der Waals surface area contributed by atoms with Crippen molar-refractivity contribution < 1.29 is 35.8 Å². The average Bonchev–Trinajstić information content (AvgIpc) is 3.25. The van der Waals surface area contributed by atoms with Crippen LogP contribution in [0.5, 0.6) is 11.5 Å². The Morgan fingerprint density at radius 3 is 2.33 bits per heavy atom. The van der Waals surface area contributed by atoms with Gasteiger partial charge >= 0.3 is 0 Å². The number of anilines is 2. The van der Waals surface area contributed by atoms with E-state index in [9.17, 15) is 21.6 Å². The minimum absolute atomic E-state index is 0.0337. The number of amides is 1. The fourth-order valence-corrected chi connectivity index (χ4v) is 5.69. The van der Waals surface area contributed by atoms with Gasteiger partial charge in [0.1, 0.15) is 6.54 Å². The molecule has 0 spiro atoms. The first kappa shape index (κ1) is 23.3. The van der Waals surface area contributed by atoms with E-state index in [1.165, 1.54) is 28.6 Å². The quantitative estimate of drug-likeness (QED) is 0.595. The Balaban J connectivity index is 1.50. The van der Waals surface area contributed by atoms with Crippen molar-refractivity contribution in [3.05, 3.63) is 42.5 Å². The number of hydrogen-bond acceptors (Lipinski definition) is 8. The van der Waals surface area contributed by atoms with E-state index in [4.69, 9.17) is 14.2 Å². The molecule has 4 rings (SSSR count). The first-order valence-corrected chi connectivity index (χ1v) is 13.3. The third-order valence-electron chi connectivity index (χ3n) is 5.08. The van der Waals surface area contributed by atoms with Crippen LogP contribution >= 0.6 is 0 Å². The lowest BCUT2D eigenvalue weighted by atomic mass is 10.2. The number of carbonyl (C=O) groups excluding carboxylic acids is 1. The molecule has 0 atom stereocenters. The minimum atomic E-state index is -3.83. The molecule has 1 amide bonds. The van der Waals surface area contributed by atoms with Gasteiger partial charge in [0.25, 0.3) is 0 Å². The molecule has 2 aromatic rings. The van der Waals surface area contributed by atoms with Crippen molar-refractivity contribution in [3.8, 4) is 11.5 Å². The minimum Gasteiger partial charge on any atom is -0.454 e. The van der Waals surface area contributed by atoms with E-state index in [1.807, 2.05) is 0 Å². The molecule has 0 bridgehead atoms. The Kier molecular flexibility index (Phi) is 6.47. The molecule has 1 N–H and O–H groups in total. The monoisotopic (exact) mass is 497 g/mol. The molecule has 178 valence electrons. The van der Waals surface area contributed by atoms with Crippen LogP contribution in [0.3, 0.4) is 0 Å². The van der Waals surface area contributed by atoms with Crippen molar-refractivity contribution in [2.75, 3.05) is 55.5 Å². The highest BCUT2D eigenvalue weighted by molar-refractivity contribution is 7.92. The zero-order valence-electron chi connectivity index (χ0n) is 17.8. The van der Waals surface area contributed by atoms with Gasteiger partial charge in [0.05, 0.1) is 30.1 Å². The normalized spacial score (nSPS) is 16.4. The summed E-state index contributed by atoms with van der Waals surface area (Å²) in [6.07, 6.45) is 0.971. The van der Waals surface area contributed by atoms with Crippen molar-refractivity contribution in [1.82, 2.24) is 4.31 Å². The number of rotatable bonds is 7. The van der Waals surface area contributed by atoms with Crippen LogP contribution in [0, 0.1) is 0 Å². The van der Waals surface area contributed by atoms with Crippen molar-refractivity contribution >= 4 is 37.3 Å². The number of carbonyl (C=O) groups is 1. The summed E-state index contributed by atoms with van der Waals surface area (Å²) in [7, 11) is -7.56. The Morgan fingerprint density at radius 2 is 1.67 bits per heavy atom. The Hall–Kier alpha value is -2.87. The molecule has 2 aliphatic heterocycles. The summed E-state index contributed by atoms with van der Waals surface area (Å²) in [6.45, 7) is 0.725. The number of ether oxygens (including phenoxy) is 3. The molecule has 2 aromatic carbocycles. The Labute approximate surface area is 191 Å². The molecule has 33 heavy (non-hydrogen) atoms. The van der Waals surface area contributed by atoms with Gasteiger partial charge in [-0.3, -0.25) is 9.10 Å². The molecule has 1 saturated heterocycles. The second-order valence-electron chi connectivity index (χ2n) is 7.40. The van der Waals surface area contributed by atoms with Gasteiger partial charge in [0.15, 0.2) is 11.5 Å². The Bertz CT molecular complexity index is 1240. The molecule has 0 aromatic heterocycles. The van der Waals surface area contributed by atoms with Crippen LogP contribution in [0.2, 0.25) is 0 Å². The summed E-state index contributed by atoms with van der Waals surface area (Å²) < 4.78 is 68.2. The van der Waals surface area contributed by atoms with E-state index in [1.54, 1.807) is 18.2 Å². The van der Waals surface area contributed by atoms with Gasteiger partial charge in [-0.25, -0.2) is 16.8 Å². The predicted molar refractivity (Wildman–Crippen MR) is 119 cm³/mol. The zero-order chi connectivity index (χ0) is 23.6. The summed E-state index contributed by atoms with van der Waals surface area (Å²) in [5.41, 5.74) is 0.587. The van der Waals surface area contributed by atoms with Gasteiger partial charge in [0.2, 0.25) is 32.7 Å². The molecular weight excluding hydrogens is 474 g/mol. The highest BCUT2D eigenvalue weighted by Gasteiger charge is 2.27. The van der Waals surface area contributed by atoms with Crippen LogP contribution in [0.15, 0.2) is 47.4 Å². The number of benzene rings is 2. The lowest BCUT2D eigenvalue weighted by molar-refractivity contribution is -0.114. The first-order chi connectivity index (χ1) is 15.6. The third kappa shape index (κ3) is 5.21. The van der Waals surface area contributed by atoms with E-state index >= 15 is 0 Å². The van der Waals surface area contributed by atoms with E-state index in [0.717, 1.165) is 10.6 Å². The van der Waals surface area contributed by atoms with Crippen molar-refractivity contribution in [2.24, 2.45) is 0 Å². The van der Waals surface area contributed by atoms with Crippen LogP contribution in [-0.4, -0.2) is 72.9 Å². The van der Waals surface area contributed by atoms with E-state index in [2.05, 4.69) is 5.32 Å². The zero-order valence-corrected chi connectivity index (χ0v) is 19.4. The van der Waals surface area contributed by atoms with E-state index < -0.39 is 32.5 Å². The summed E-state index contributed by atoms with van der Waals surface area (Å²) in [5.74, 6) is 0.451. The number of morpholine rings is 1. The van der Waals surface area contributed by atoms with Gasteiger partial charge in [-0.05, 0) is 36.4 Å². The van der Waals surface area contributed by atoms with Crippen molar-refractivity contribution in [1.29, 1.82) is 0 Å². The fraction of sp³-hybridized carbons (Fsp3) is 0.350. The molecule has 1 fully saturated rings. The number of nitrogens with one attached hydrogen (secondary N) is 1. The summed E-state index contributed by atoms with van der Waals surface area (Å²) in [6, 6.07) is 10.2.